The van der Waals surface area contributed by atoms with Crippen molar-refractivity contribution in [3.05, 3.63) is 24.3 Å². The molecule has 0 fully saturated rings. The van der Waals surface area contributed by atoms with Crippen LogP contribution in [0.4, 0.5) is 5.69 Å². The van der Waals surface area contributed by atoms with Gasteiger partial charge in [0.1, 0.15) is 6.04 Å². The van der Waals surface area contributed by atoms with Crippen LogP contribution in [0.2, 0.25) is 0 Å². The molecule has 1 aromatic carbocycles. The van der Waals surface area contributed by atoms with Gasteiger partial charge in [-0.2, -0.15) is 4.72 Å². The number of hydrogen-bond donors (Lipinski definition) is 2. The molecule has 0 saturated carbocycles. The average molecular weight is 314 g/mol. The fourth-order valence-corrected chi connectivity index (χ4v) is 3.05. The number of carboxylic acids is 1. The summed E-state index contributed by atoms with van der Waals surface area (Å²) < 4.78 is 26.7. The summed E-state index contributed by atoms with van der Waals surface area (Å²) in [5.41, 5.74) is 0.867. The molecule has 1 rings (SSSR count). The lowest BCUT2D eigenvalue weighted by atomic mass is 10.1. The lowest BCUT2D eigenvalue weighted by Crippen LogP contribution is -2.41. The van der Waals surface area contributed by atoms with E-state index in [4.69, 9.17) is 5.11 Å². The Hall–Kier alpha value is -1.60. The molecule has 0 radical (unpaired) electrons. The van der Waals surface area contributed by atoms with Gasteiger partial charge in [-0.25, -0.2) is 8.42 Å². The maximum absolute atomic E-state index is 12.2. The monoisotopic (exact) mass is 314 g/mol. The molecule has 1 aromatic rings. The maximum Gasteiger partial charge on any atom is 0.321 e. The standard InChI is InChI=1S/C14H22N2O4S/c1-10(2)9-13(14(17)18)15-21(19,20)12-7-5-11(6-8-12)16(3)4/h5-8,10,13,15H,9H2,1-4H3,(H,17,18). The van der Waals surface area contributed by atoms with E-state index in [0.717, 1.165) is 5.69 Å². The summed E-state index contributed by atoms with van der Waals surface area (Å²) in [4.78, 5) is 13.1. The number of hydrogen-bond acceptors (Lipinski definition) is 4. The molecule has 0 aromatic heterocycles. The first kappa shape index (κ1) is 17.5. The van der Waals surface area contributed by atoms with E-state index in [-0.39, 0.29) is 17.2 Å². The lowest BCUT2D eigenvalue weighted by molar-refractivity contribution is -0.139. The van der Waals surface area contributed by atoms with Crippen LogP contribution >= 0.6 is 0 Å². The summed E-state index contributed by atoms with van der Waals surface area (Å²) in [5.74, 6) is -1.10. The molecule has 0 aliphatic heterocycles. The predicted octanol–water partition coefficient (Wildman–Crippen LogP) is 1.53. The third-order valence-corrected chi connectivity index (χ3v) is 4.45. The average Bonchev–Trinajstić information content (AvgIpc) is 2.37. The molecule has 21 heavy (non-hydrogen) atoms. The first-order valence-corrected chi connectivity index (χ1v) is 8.14. The summed E-state index contributed by atoms with van der Waals surface area (Å²) in [7, 11) is -0.138. The second-order valence-corrected chi connectivity index (χ2v) is 7.24. The Morgan fingerprint density at radius 1 is 1.24 bits per heavy atom. The molecular formula is C14H22N2O4S. The minimum atomic E-state index is -3.84. The molecule has 118 valence electrons. The van der Waals surface area contributed by atoms with Crippen LogP contribution in [-0.4, -0.2) is 39.6 Å². The number of nitrogens with one attached hydrogen (secondary N) is 1. The second kappa shape index (κ2) is 6.91. The molecule has 6 nitrogen and oxygen atoms in total. The Labute approximate surface area is 125 Å². The summed E-state index contributed by atoms with van der Waals surface area (Å²) in [5, 5.41) is 9.12. The van der Waals surface area contributed by atoms with E-state index in [0.29, 0.717) is 0 Å². The Bertz CT molecular complexity index is 579. The summed E-state index contributed by atoms with van der Waals surface area (Å²) in [6.45, 7) is 3.69. The van der Waals surface area contributed by atoms with E-state index in [1.54, 1.807) is 12.1 Å². The van der Waals surface area contributed by atoms with E-state index >= 15 is 0 Å². The first-order valence-electron chi connectivity index (χ1n) is 6.66. The Morgan fingerprint density at radius 2 is 1.76 bits per heavy atom. The number of nitrogens with zero attached hydrogens (tertiary/aromatic N) is 1. The molecular weight excluding hydrogens is 292 g/mol. The zero-order chi connectivity index (χ0) is 16.2. The fourth-order valence-electron chi connectivity index (χ4n) is 1.85. The number of aliphatic carboxylic acids is 1. The highest BCUT2D eigenvalue weighted by Gasteiger charge is 2.26. The third-order valence-electron chi connectivity index (χ3n) is 2.97. The number of benzene rings is 1. The Kier molecular flexibility index (Phi) is 5.74. The van der Waals surface area contributed by atoms with Gasteiger partial charge >= 0.3 is 5.97 Å². The molecule has 0 spiro atoms. The van der Waals surface area contributed by atoms with Gasteiger partial charge in [0, 0.05) is 19.8 Å². The van der Waals surface area contributed by atoms with Crippen molar-refractivity contribution < 1.29 is 18.3 Å². The normalized spacial score (nSPS) is 13.2. The molecule has 0 heterocycles. The van der Waals surface area contributed by atoms with Gasteiger partial charge in [-0.1, -0.05) is 13.8 Å². The van der Waals surface area contributed by atoms with E-state index in [2.05, 4.69) is 4.72 Å². The first-order chi connectivity index (χ1) is 9.63. The minimum Gasteiger partial charge on any atom is -0.480 e. The highest BCUT2D eigenvalue weighted by atomic mass is 32.2. The van der Waals surface area contributed by atoms with Crippen molar-refractivity contribution in [1.29, 1.82) is 0 Å². The molecule has 2 N–H and O–H groups in total. The topological polar surface area (TPSA) is 86.7 Å². The Morgan fingerprint density at radius 3 is 2.14 bits per heavy atom. The molecule has 1 atom stereocenters. The summed E-state index contributed by atoms with van der Waals surface area (Å²) in [6, 6.07) is 5.15. The van der Waals surface area contributed by atoms with Gasteiger partial charge in [-0.05, 0) is 36.6 Å². The number of carboxylic acid groups (broad SMARTS) is 1. The number of anilines is 1. The van der Waals surface area contributed by atoms with Crippen LogP contribution in [0.1, 0.15) is 20.3 Å². The summed E-state index contributed by atoms with van der Waals surface area (Å²) in [6.07, 6.45) is 0.240. The van der Waals surface area contributed by atoms with Gasteiger partial charge in [0.15, 0.2) is 0 Å². The second-order valence-electron chi connectivity index (χ2n) is 5.53. The van der Waals surface area contributed by atoms with Crippen molar-refractivity contribution in [2.75, 3.05) is 19.0 Å². The van der Waals surface area contributed by atoms with Gasteiger partial charge < -0.3 is 10.0 Å². The van der Waals surface area contributed by atoms with Gasteiger partial charge in [0.05, 0.1) is 4.90 Å². The zero-order valence-corrected chi connectivity index (χ0v) is 13.5. The third kappa shape index (κ3) is 5.02. The highest BCUT2D eigenvalue weighted by Crippen LogP contribution is 2.17. The van der Waals surface area contributed by atoms with Crippen molar-refractivity contribution in [1.82, 2.24) is 4.72 Å². The molecule has 0 saturated heterocycles. The van der Waals surface area contributed by atoms with E-state index < -0.39 is 22.0 Å². The Balaban J connectivity index is 2.96. The summed E-state index contributed by atoms with van der Waals surface area (Å²) >= 11 is 0. The molecule has 1 unspecified atom stereocenters. The molecule has 0 aliphatic rings. The highest BCUT2D eigenvalue weighted by molar-refractivity contribution is 7.89. The van der Waals surface area contributed by atoms with Gasteiger partial charge in [-0.15, -0.1) is 0 Å². The minimum absolute atomic E-state index is 0.0584. The SMILES string of the molecule is CC(C)CC(NS(=O)(=O)c1ccc(N(C)C)cc1)C(=O)O. The van der Waals surface area contributed by atoms with Crippen molar-refractivity contribution in [3.63, 3.8) is 0 Å². The van der Waals surface area contributed by atoms with Gasteiger partial charge in [-0.3, -0.25) is 4.79 Å². The van der Waals surface area contributed by atoms with Crippen LogP contribution < -0.4 is 9.62 Å². The van der Waals surface area contributed by atoms with Crippen LogP contribution in [0.25, 0.3) is 0 Å². The van der Waals surface area contributed by atoms with Crippen LogP contribution in [0.5, 0.6) is 0 Å². The van der Waals surface area contributed by atoms with Crippen LogP contribution in [-0.2, 0) is 14.8 Å². The lowest BCUT2D eigenvalue weighted by Gasteiger charge is -2.17. The van der Waals surface area contributed by atoms with Crippen molar-refractivity contribution in [3.8, 4) is 0 Å². The van der Waals surface area contributed by atoms with Crippen LogP contribution in [0, 0.1) is 5.92 Å². The van der Waals surface area contributed by atoms with Crippen molar-refractivity contribution in [2.24, 2.45) is 5.92 Å². The zero-order valence-electron chi connectivity index (χ0n) is 12.7. The predicted molar refractivity (Wildman–Crippen MR) is 82.0 cm³/mol. The smallest absolute Gasteiger partial charge is 0.321 e. The fraction of sp³-hybridized carbons (Fsp3) is 0.500. The number of rotatable bonds is 7. The van der Waals surface area contributed by atoms with E-state index in [1.165, 1.54) is 12.1 Å². The molecule has 0 amide bonds. The largest absolute Gasteiger partial charge is 0.480 e. The van der Waals surface area contributed by atoms with Crippen LogP contribution in [0.3, 0.4) is 0 Å². The van der Waals surface area contributed by atoms with Crippen LogP contribution in [0.15, 0.2) is 29.2 Å². The van der Waals surface area contributed by atoms with Gasteiger partial charge in [0.25, 0.3) is 0 Å². The molecule has 0 bridgehead atoms. The van der Waals surface area contributed by atoms with E-state index in [1.807, 2.05) is 32.8 Å². The molecule has 0 aliphatic carbocycles. The molecule has 7 heteroatoms. The van der Waals surface area contributed by atoms with Crippen molar-refractivity contribution in [2.45, 2.75) is 31.2 Å². The van der Waals surface area contributed by atoms with Crippen molar-refractivity contribution >= 4 is 21.7 Å². The van der Waals surface area contributed by atoms with Gasteiger partial charge in [0.2, 0.25) is 10.0 Å². The number of sulfonamides is 1. The maximum atomic E-state index is 12.2. The van der Waals surface area contributed by atoms with E-state index in [9.17, 15) is 13.2 Å². The number of carbonyl (C=O) groups is 1. The quantitative estimate of drug-likeness (QED) is 0.797.